The van der Waals surface area contributed by atoms with Crippen molar-refractivity contribution in [2.24, 2.45) is 17.8 Å². The Balaban J connectivity index is 0.000000130. The van der Waals surface area contributed by atoms with E-state index in [1.807, 2.05) is 106 Å². The molecule has 22 nitrogen and oxygen atoms in total. The molecule has 6 N–H and O–H groups in total. The van der Waals surface area contributed by atoms with Crippen LogP contribution in [0.1, 0.15) is 84.5 Å². The average Bonchev–Trinajstić information content (AvgIpc) is 1.51. The van der Waals surface area contributed by atoms with Crippen molar-refractivity contribution in [3.63, 3.8) is 0 Å². The minimum atomic E-state index is -4.59. The zero-order valence-electron chi connectivity index (χ0n) is 65.8. The fourth-order valence-corrected chi connectivity index (χ4v) is 20.5. The summed E-state index contributed by atoms with van der Waals surface area (Å²) in [5, 5.41) is 75.2. The first-order valence-electron chi connectivity index (χ1n) is 39.5. The molecular formula is C90H100F3N9O13. The van der Waals surface area contributed by atoms with Gasteiger partial charge in [-0.25, -0.2) is 0 Å². The van der Waals surface area contributed by atoms with Crippen LogP contribution in [0.5, 0.6) is 34.5 Å². The second-order valence-corrected chi connectivity index (χ2v) is 32.5. The van der Waals surface area contributed by atoms with Crippen LogP contribution in [-0.2, 0) is 44.6 Å². The van der Waals surface area contributed by atoms with Gasteiger partial charge in [-0.15, -0.1) is 0 Å². The first-order chi connectivity index (χ1) is 55.3. The van der Waals surface area contributed by atoms with Gasteiger partial charge in [-0.1, -0.05) is 163 Å². The molecule has 9 heterocycles. The lowest BCUT2D eigenvalue weighted by atomic mass is 9.70. The topological polar surface area (TPSA) is 252 Å². The van der Waals surface area contributed by atoms with Crippen molar-refractivity contribution in [2.45, 2.75) is 89.7 Å². The van der Waals surface area contributed by atoms with Crippen molar-refractivity contribution < 1.29 is 77.0 Å². The fraction of sp³-hybridized carbons (Fsp3) is 0.422. The zero-order chi connectivity index (χ0) is 80.7. The Hall–Kier alpha value is -9.61. The highest BCUT2D eigenvalue weighted by molar-refractivity contribution is 5.83. The standard InChI is InChI=1S/C30H30F3N3O5.2C30H35N3O4/c1-35-12-14-36(15-13-35)27(38)23-24(18-6-4-3-5-7-18)29(19-8-10-20(11-9-19)30(31,32)33)28(39,26(23)37)25-21(40-2)16-34-17-22(25)41-29;2*1-20-9-11-22(12-10-20)30-26(21-7-5-4-6-8-21)23(19-33-15-13-32(2)14-16-33)28(34)29(30,35)27-24(36-3)17-31-18-25(27)37-30/h3-11,16-17,23-24,26,37,39H,12-15H2,1-2H3;2*4-12,17-18,23,26,28,34-35H,13-16,19H2,1-3H3/t23-,24-,26-,28+,29+;2*23?,26-,28-,29+,30+/m111/s1. The lowest BCUT2D eigenvalue weighted by molar-refractivity contribution is -0.157. The van der Waals surface area contributed by atoms with Crippen molar-refractivity contribution >= 4 is 5.91 Å². The maximum atomic E-state index is 14.3. The van der Waals surface area contributed by atoms with Crippen LogP contribution < -0.4 is 28.4 Å². The van der Waals surface area contributed by atoms with E-state index in [0.717, 1.165) is 97.9 Å². The molecule has 3 saturated heterocycles. The maximum absolute atomic E-state index is 14.3. The van der Waals surface area contributed by atoms with E-state index >= 15 is 0 Å². The molecule has 3 saturated carbocycles. The van der Waals surface area contributed by atoms with Gasteiger partial charge in [0.1, 0.15) is 40.6 Å². The number of aliphatic hydroxyl groups excluding tert-OH is 3. The summed E-state index contributed by atoms with van der Waals surface area (Å²) in [6.45, 7) is 15.1. The van der Waals surface area contributed by atoms with E-state index in [2.05, 4.69) is 77.8 Å². The molecule has 1 amide bonds. The lowest BCUT2D eigenvalue weighted by Crippen LogP contribution is -2.52. The number of methoxy groups -OCH3 is 3. The third kappa shape index (κ3) is 12.6. The third-order valence-electron chi connectivity index (χ3n) is 26.2. The van der Waals surface area contributed by atoms with Gasteiger partial charge in [-0.05, 0) is 80.5 Å². The molecule has 0 spiro atoms. The highest BCUT2D eigenvalue weighted by Crippen LogP contribution is 2.73. The van der Waals surface area contributed by atoms with Gasteiger partial charge in [0.2, 0.25) is 5.91 Å². The summed E-state index contributed by atoms with van der Waals surface area (Å²) >= 11 is 0. The molecule has 6 aliphatic heterocycles. The van der Waals surface area contributed by atoms with Gasteiger partial charge in [0.25, 0.3) is 0 Å². The number of aromatic nitrogens is 3. The number of hydrogen-bond acceptors (Lipinski definition) is 21. The first kappa shape index (κ1) is 79.2. The minimum Gasteiger partial charge on any atom is -0.495 e. The zero-order valence-corrected chi connectivity index (χ0v) is 65.8. The number of likely N-dealkylation sites (N-methyl/N-ethyl adjacent to an activating group) is 3. The molecule has 115 heavy (non-hydrogen) atoms. The van der Waals surface area contributed by atoms with Crippen molar-refractivity contribution in [1.29, 1.82) is 0 Å². The summed E-state index contributed by atoms with van der Waals surface area (Å²) < 4.78 is 77.9. The smallest absolute Gasteiger partial charge is 0.416 e. The van der Waals surface area contributed by atoms with Gasteiger partial charge in [0, 0.05) is 121 Å². The van der Waals surface area contributed by atoms with Gasteiger partial charge in [-0.3, -0.25) is 19.7 Å². The fourth-order valence-electron chi connectivity index (χ4n) is 20.5. The molecule has 2 unspecified atom stereocenters. The van der Waals surface area contributed by atoms with Crippen LogP contribution in [0.3, 0.4) is 0 Å². The number of alkyl halides is 3. The van der Waals surface area contributed by atoms with Crippen molar-refractivity contribution in [3.05, 3.63) is 268 Å². The largest absolute Gasteiger partial charge is 0.495 e. The maximum Gasteiger partial charge on any atom is 0.416 e. The summed E-state index contributed by atoms with van der Waals surface area (Å²) in [5.74, 6) is -1.83. The number of halogens is 3. The molecule has 6 fully saturated rings. The number of ether oxygens (including phenoxy) is 6. The van der Waals surface area contributed by atoms with Gasteiger partial charge < -0.3 is 88.5 Å². The van der Waals surface area contributed by atoms with Gasteiger partial charge in [0.05, 0.1) is 98.9 Å². The summed E-state index contributed by atoms with van der Waals surface area (Å²) in [6.07, 6.45) is 0.643. The van der Waals surface area contributed by atoms with Gasteiger partial charge in [0.15, 0.2) is 33.6 Å². The predicted octanol–water partition coefficient (Wildman–Crippen LogP) is 8.93. The first-order valence-corrected chi connectivity index (χ1v) is 39.5. The number of piperazine rings is 3. The number of carbonyl (C=O) groups is 1. The van der Waals surface area contributed by atoms with E-state index < -0.39 is 75.5 Å². The number of benzene rings is 6. The van der Waals surface area contributed by atoms with Crippen LogP contribution in [0.4, 0.5) is 13.2 Å². The normalized spacial score (nSPS) is 30.8. The molecule has 6 aromatic carbocycles. The number of fused-ring (bicyclic) bond motifs is 9. The molecular weight excluding hydrogens is 1470 g/mol. The number of carbonyl (C=O) groups excluding carboxylic acids is 1. The van der Waals surface area contributed by atoms with E-state index in [4.69, 9.17) is 28.4 Å². The van der Waals surface area contributed by atoms with Crippen LogP contribution in [0, 0.1) is 31.6 Å². The van der Waals surface area contributed by atoms with E-state index in [1.165, 1.54) is 31.6 Å². The number of rotatable bonds is 14. The van der Waals surface area contributed by atoms with E-state index in [0.29, 0.717) is 79.0 Å². The number of pyridine rings is 3. The van der Waals surface area contributed by atoms with Crippen LogP contribution in [0.25, 0.3) is 0 Å². The van der Waals surface area contributed by atoms with Crippen molar-refractivity contribution in [3.8, 4) is 34.5 Å². The van der Waals surface area contributed by atoms with E-state index in [1.54, 1.807) is 74.2 Å². The highest BCUT2D eigenvalue weighted by Gasteiger charge is 2.81. The molecule has 9 aromatic rings. The molecule has 0 bridgehead atoms. The molecule has 25 heteroatoms. The van der Waals surface area contributed by atoms with Crippen molar-refractivity contribution in [1.82, 2.24) is 44.4 Å². The monoisotopic (exact) mass is 1570 g/mol. The van der Waals surface area contributed by atoms with E-state index in [-0.39, 0.29) is 52.2 Å². The molecule has 18 rings (SSSR count). The average molecular weight is 1570 g/mol. The molecule has 3 aliphatic carbocycles. The SMILES string of the molecule is COc1cncc2c1[C@]1(O)[C@H](O)C(CN3CCN(C)CC3)[C@@H](c3ccccc3)[C@]1(c1ccc(C)cc1)O2.COc1cncc2c1[C@]1(O)[C@H](O)C(CN3CCN(C)CC3)[C@@H](c3ccccc3)[C@]1(c1ccc(C)cc1)O2.COc1cncc2c1[C@]1(O)[C@H](O)[C@H](C(=O)N3CCN(C)CC3)[C@@H](c3ccccc3)[C@]1(c1ccc(C(F)(F)F)cc1)O2. The Morgan fingerprint density at radius 3 is 1.06 bits per heavy atom. The lowest BCUT2D eigenvalue weighted by Gasteiger charge is -2.41. The highest BCUT2D eigenvalue weighted by atomic mass is 19.4. The Labute approximate surface area is 667 Å². The summed E-state index contributed by atoms with van der Waals surface area (Å²) in [5.41, 5.74) is -3.37. The molecule has 0 radical (unpaired) electrons. The van der Waals surface area contributed by atoms with Gasteiger partial charge >= 0.3 is 6.18 Å². The van der Waals surface area contributed by atoms with Crippen LogP contribution in [0.2, 0.25) is 0 Å². The number of hydrogen-bond donors (Lipinski definition) is 6. The van der Waals surface area contributed by atoms with Crippen LogP contribution >= 0.6 is 0 Å². The third-order valence-corrected chi connectivity index (χ3v) is 26.2. The second-order valence-electron chi connectivity index (χ2n) is 32.5. The van der Waals surface area contributed by atoms with Crippen molar-refractivity contribution in [2.75, 3.05) is 134 Å². The quantitative estimate of drug-likeness (QED) is 0.0594. The Morgan fingerprint density at radius 1 is 0.426 bits per heavy atom. The molecule has 604 valence electrons. The Morgan fingerprint density at radius 2 is 0.730 bits per heavy atom. The van der Waals surface area contributed by atoms with Crippen LogP contribution in [-0.4, -0.2) is 233 Å². The number of nitrogens with zero attached hydrogens (tertiary/aromatic N) is 9. The molecule has 9 aliphatic rings. The predicted molar refractivity (Wildman–Crippen MR) is 423 cm³/mol. The number of aryl methyl sites for hydroxylation is 2. The molecule has 3 aromatic heterocycles. The number of aliphatic hydroxyl groups is 6. The minimum absolute atomic E-state index is 0.0945. The second kappa shape index (κ2) is 30.8. The summed E-state index contributed by atoms with van der Waals surface area (Å²) in [6, 6.07) is 49.8. The Bertz CT molecular complexity index is 4750. The van der Waals surface area contributed by atoms with Crippen LogP contribution in [0.15, 0.2) is 201 Å². The molecule has 15 atom stereocenters. The van der Waals surface area contributed by atoms with Gasteiger partial charge in [-0.2, -0.15) is 13.2 Å². The van der Waals surface area contributed by atoms with E-state index in [9.17, 15) is 48.6 Å². The Kier molecular flexibility index (Phi) is 21.2. The summed E-state index contributed by atoms with van der Waals surface area (Å²) in [4.78, 5) is 40.3. The summed E-state index contributed by atoms with van der Waals surface area (Å²) in [7, 11) is 10.7. The number of amides is 1.